The number of pyridine rings is 1. The summed E-state index contributed by atoms with van der Waals surface area (Å²) < 4.78 is 1.59. The summed E-state index contributed by atoms with van der Waals surface area (Å²) >= 11 is 1.35. The van der Waals surface area contributed by atoms with Gasteiger partial charge >= 0.3 is 0 Å². The minimum Gasteiger partial charge on any atom is -0.506 e. The lowest BCUT2D eigenvalue weighted by Gasteiger charge is -2.14. The number of fused-ring (bicyclic) bond motifs is 1. The molecular formula is C19H19NO2S. The molecule has 3 rings (SSSR count). The zero-order valence-corrected chi connectivity index (χ0v) is 14.5. The molecule has 0 aliphatic rings. The predicted molar refractivity (Wildman–Crippen MR) is 95.6 cm³/mol. The predicted octanol–water partition coefficient (Wildman–Crippen LogP) is 4.32. The molecule has 118 valence electrons. The molecule has 3 aromatic rings. The molecule has 0 aliphatic carbocycles. The summed E-state index contributed by atoms with van der Waals surface area (Å²) in [7, 11) is 1.74. The van der Waals surface area contributed by atoms with Crippen LogP contribution in [-0.2, 0) is 7.05 Å². The highest BCUT2D eigenvalue weighted by molar-refractivity contribution is 7.99. The van der Waals surface area contributed by atoms with Gasteiger partial charge in [0.2, 0.25) is 0 Å². The van der Waals surface area contributed by atoms with E-state index in [9.17, 15) is 9.90 Å². The molecule has 23 heavy (non-hydrogen) atoms. The van der Waals surface area contributed by atoms with Gasteiger partial charge in [0.15, 0.2) is 0 Å². The van der Waals surface area contributed by atoms with Gasteiger partial charge in [-0.05, 0) is 44.0 Å². The SMILES string of the molecule is Cc1cc(C)c(Sc2c(O)c3ccccc3n(C)c2=O)c(C)c1. The molecule has 3 nitrogen and oxygen atoms in total. The van der Waals surface area contributed by atoms with Gasteiger partial charge in [-0.2, -0.15) is 0 Å². The number of para-hydroxylation sites is 1. The monoisotopic (exact) mass is 325 g/mol. The van der Waals surface area contributed by atoms with Crippen LogP contribution in [0.5, 0.6) is 5.75 Å². The van der Waals surface area contributed by atoms with Gasteiger partial charge in [-0.3, -0.25) is 4.79 Å². The van der Waals surface area contributed by atoms with Crippen LogP contribution in [0, 0.1) is 20.8 Å². The van der Waals surface area contributed by atoms with Gasteiger partial charge in [-0.15, -0.1) is 0 Å². The second-order valence-electron chi connectivity index (χ2n) is 5.89. The molecule has 0 fully saturated rings. The standard InChI is InChI=1S/C19H19NO2S/c1-11-9-12(2)17(13(3)10-11)23-18-16(21)14-7-5-6-8-15(14)20(4)19(18)22/h5-10,21H,1-4H3. The maximum atomic E-state index is 12.7. The molecule has 0 saturated carbocycles. The third-order valence-corrected chi connectivity index (χ3v) is 5.46. The van der Waals surface area contributed by atoms with E-state index in [1.807, 2.05) is 38.1 Å². The zero-order valence-electron chi connectivity index (χ0n) is 13.7. The largest absolute Gasteiger partial charge is 0.506 e. The Morgan fingerprint density at radius 1 is 1.00 bits per heavy atom. The number of rotatable bonds is 2. The molecular weight excluding hydrogens is 306 g/mol. The Balaban J connectivity index is 2.24. The third kappa shape index (κ3) is 2.63. The number of aryl methyl sites for hydroxylation is 4. The number of nitrogens with zero attached hydrogens (tertiary/aromatic N) is 1. The third-order valence-electron chi connectivity index (χ3n) is 4.04. The normalized spacial score (nSPS) is 11.1. The van der Waals surface area contributed by atoms with Gasteiger partial charge in [0, 0.05) is 17.3 Å². The number of aromatic nitrogens is 1. The number of benzene rings is 2. The highest BCUT2D eigenvalue weighted by atomic mass is 32.2. The van der Waals surface area contributed by atoms with E-state index in [2.05, 4.69) is 19.1 Å². The van der Waals surface area contributed by atoms with Crippen molar-refractivity contribution >= 4 is 22.7 Å². The molecule has 1 aromatic heterocycles. The molecule has 0 atom stereocenters. The second kappa shape index (κ2) is 5.78. The Hall–Kier alpha value is -2.20. The average molecular weight is 325 g/mol. The first kappa shape index (κ1) is 15.7. The van der Waals surface area contributed by atoms with E-state index < -0.39 is 0 Å². The van der Waals surface area contributed by atoms with Crippen LogP contribution in [0.3, 0.4) is 0 Å². The lowest BCUT2D eigenvalue weighted by Crippen LogP contribution is -2.19. The van der Waals surface area contributed by atoms with Gasteiger partial charge in [-0.25, -0.2) is 0 Å². The highest BCUT2D eigenvalue weighted by Crippen LogP contribution is 2.39. The van der Waals surface area contributed by atoms with E-state index in [0.29, 0.717) is 10.3 Å². The maximum absolute atomic E-state index is 12.7. The average Bonchev–Trinajstić information content (AvgIpc) is 2.51. The molecule has 2 aromatic carbocycles. The van der Waals surface area contributed by atoms with Crippen molar-refractivity contribution in [3.8, 4) is 5.75 Å². The number of aromatic hydroxyl groups is 1. The Kier molecular flexibility index (Phi) is 3.94. The lowest BCUT2D eigenvalue weighted by molar-refractivity contribution is 0.465. The first-order valence-corrected chi connectivity index (χ1v) is 8.28. The van der Waals surface area contributed by atoms with E-state index >= 15 is 0 Å². The summed E-state index contributed by atoms with van der Waals surface area (Å²) in [6.07, 6.45) is 0. The summed E-state index contributed by atoms with van der Waals surface area (Å²) in [6.45, 7) is 6.12. The van der Waals surface area contributed by atoms with Crippen LogP contribution >= 0.6 is 11.8 Å². The molecule has 0 unspecified atom stereocenters. The van der Waals surface area contributed by atoms with Crippen molar-refractivity contribution in [1.82, 2.24) is 4.57 Å². The van der Waals surface area contributed by atoms with Crippen LogP contribution in [0.2, 0.25) is 0 Å². The summed E-state index contributed by atoms with van der Waals surface area (Å²) in [6, 6.07) is 11.6. The molecule has 0 amide bonds. The summed E-state index contributed by atoms with van der Waals surface area (Å²) in [5, 5.41) is 11.3. The second-order valence-corrected chi connectivity index (χ2v) is 6.91. The van der Waals surface area contributed by atoms with E-state index in [1.54, 1.807) is 11.6 Å². The van der Waals surface area contributed by atoms with E-state index in [-0.39, 0.29) is 11.3 Å². The van der Waals surface area contributed by atoms with Crippen molar-refractivity contribution < 1.29 is 5.11 Å². The Morgan fingerprint density at radius 3 is 2.26 bits per heavy atom. The quantitative estimate of drug-likeness (QED) is 0.763. The molecule has 4 heteroatoms. The van der Waals surface area contributed by atoms with Crippen LogP contribution in [0.4, 0.5) is 0 Å². The van der Waals surface area contributed by atoms with Gasteiger partial charge in [0.05, 0.1) is 5.52 Å². The smallest absolute Gasteiger partial charge is 0.268 e. The maximum Gasteiger partial charge on any atom is 0.268 e. The van der Waals surface area contributed by atoms with E-state index in [1.165, 1.54) is 17.3 Å². The fourth-order valence-corrected chi connectivity index (χ4v) is 4.05. The molecule has 0 radical (unpaired) electrons. The number of hydrogen-bond acceptors (Lipinski definition) is 3. The van der Waals surface area contributed by atoms with Crippen molar-refractivity contribution in [2.75, 3.05) is 0 Å². The first-order valence-electron chi connectivity index (χ1n) is 7.46. The van der Waals surface area contributed by atoms with Crippen molar-refractivity contribution in [2.45, 2.75) is 30.6 Å². The minimum absolute atomic E-state index is 0.0630. The van der Waals surface area contributed by atoms with Crippen molar-refractivity contribution in [1.29, 1.82) is 0 Å². The molecule has 0 spiro atoms. The Labute approximate surface area is 139 Å². The van der Waals surface area contributed by atoms with Crippen molar-refractivity contribution in [2.24, 2.45) is 7.05 Å². The van der Waals surface area contributed by atoms with Crippen molar-refractivity contribution in [3.05, 3.63) is 63.4 Å². The molecule has 0 bridgehead atoms. The molecule has 1 N–H and O–H groups in total. The fourth-order valence-electron chi connectivity index (χ4n) is 2.97. The van der Waals surface area contributed by atoms with Crippen LogP contribution < -0.4 is 5.56 Å². The van der Waals surface area contributed by atoms with Gasteiger partial charge in [0.25, 0.3) is 5.56 Å². The van der Waals surface area contributed by atoms with Crippen LogP contribution in [0.1, 0.15) is 16.7 Å². The van der Waals surface area contributed by atoms with Gasteiger partial charge < -0.3 is 9.67 Å². The minimum atomic E-state index is -0.175. The molecule has 0 aliphatic heterocycles. The molecule has 0 saturated heterocycles. The van der Waals surface area contributed by atoms with E-state index in [4.69, 9.17) is 0 Å². The van der Waals surface area contributed by atoms with E-state index in [0.717, 1.165) is 21.5 Å². The van der Waals surface area contributed by atoms with Crippen LogP contribution in [-0.4, -0.2) is 9.67 Å². The lowest BCUT2D eigenvalue weighted by atomic mass is 10.1. The van der Waals surface area contributed by atoms with Gasteiger partial charge in [-0.1, -0.05) is 41.6 Å². The summed E-state index contributed by atoms with van der Waals surface area (Å²) in [5.41, 5.74) is 3.98. The summed E-state index contributed by atoms with van der Waals surface area (Å²) in [5.74, 6) is 0.0630. The topological polar surface area (TPSA) is 42.2 Å². The Morgan fingerprint density at radius 2 is 1.61 bits per heavy atom. The van der Waals surface area contributed by atoms with Gasteiger partial charge in [0.1, 0.15) is 10.6 Å². The molecule has 1 heterocycles. The fraction of sp³-hybridized carbons (Fsp3) is 0.211. The first-order chi connectivity index (χ1) is 10.9. The Bertz CT molecular complexity index is 950. The van der Waals surface area contributed by atoms with Crippen LogP contribution in [0.25, 0.3) is 10.9 Å². The van der Waals surface area contributed by atoms with Crippen LogP contribution in [0.15, 0.2) is 51.0 Å². The zero-order chi connectivity index (χ0) is 16.7. The number of hydrogen-bond donors (Lipinski definition) is 1. The highest BCUT2D eigenvalue weighted by Gasteiger charge is 2.17. The van der Waals surface area contributed by atoms with Crippen molar-refractivity contribution in [3.63, 3.8) is 0 Å². The summed E-state index contributed by atoms with van der Waals surface area (Å²) in [4.78, 5) is 14.1.